The van der Waals surface area contributed by atoms with Crippen LogP contribution in [0.25, 0.3) is 0 Å². The Morgan fingerprint density at radius 2 is 1.68 bits per heavy atom. The molecule has 1 saturated carbocycles. The smallest absolute Gasteiger partial charge is 0.328 e. The van der Waals surface area contributed by atoms with Crippen molar-refractivity contribution in [2.45, 2.75) is 23.0 Å². The van der Waals surface area contributed by atoms with Crippen LogP contribution in [0.5, 0.6) is 0 Å². The van der Waals surface area contributed by atoms with Gasteiger partial charge in [0.05, 0.1) is 17.6 Å². The fraction of sp³-hybridized carbons (Fsp3) is 0.263. The Bertz CT molecular complexity index is 919. The second kappa shape index (κ2) is 6.34. The lowest BCUT2D eigenvalue weighted by atomic mass is 10.0. The number of carbonyl (C=O) groups is 1. The van der Waals surface area contributed by atoms with Crippen LogP contribution in [-0.2, 0) is 19.4 Å². The molecule has 0 N–H and O–H groups in total. The molecular formula is C19H17NO4S. The fourth-order valence-electron chi connectivity index (χ4n) is 3.31. The fourth-order valence-corrected chi connectivity index (χ4v) is 5.57. The van der Waals surface area contributed by atoms with E-state index in [9.17, 15) is 18.5 Å². The van der Waals surface area contributed by atoms with E-state index in [-0.39, 0.29) is 11.5 Å². The van der Waals surface area contributed by atoms with Crippen LogP contribution in [0.15, 0.2) is 65.6 Å². The summed E-state index contributed by atoms with van der Waals surface area (Å²) in [5, 5.41) is 8.59. The number of carbonyl (C=O) groups excluding carboxylic acids is 1. The molecule has 1 aliphatic carbocycles. The minimum atomic E-state index is -3.87. The number of nitriles is 1. The van der Waals surface area contributed by atoms with Gasteiger partial charge in [-0.2, -0.15) is 5.26 Å². The molecule has 0 aliphatic heterocycles. The zero-order chi connectivity index (χ0) is 18.1. The summed E-state index contributed by atoms with van der Waals surface area (Å²) >= 11 is 0. The van der Waals surface area contributed by atoms with Gasteiger partial charge >= 0.3 is 5.97 Å². The summed E-state index contributed by atoms with van der Waals surface area (Å²) in [4.78, 5) is 12.6. The molecule has 3 rings (SSSR count). The highest BCUT2D eigenvalue weighted by molar-refractivity contribution is 7.92. The van der Waals surface area contributed by atoms with Gasteiger partial charge in [-0.1, -0.05) is 48.5 Å². The Morgan fingerprint density at radius 3 is 2.20 bits per heavy atom. The first-order valence-corrected chi connectivity index (χ1v) is 9.47. The first kappa shape index (κ1) is 17.2. The van der Waals surface area contributed by atoms with Crippen molar-refractivity contribution < 1.29 is 17.9 Å². The van der Waals surface area contributed by atoms with Gasteiger partial charge in [-0.05, 0) is 24.6 Å². The van der Waals surface area contributed by atoms with Gasteiger partial charge in [0.25, 0.3) is 0 Å². The Morgan fingerprint density at radius 1 is 1.12 bits per heavy atom. The number of esters is 1. The minimum absolute atomic E-state index is 0.0852. The maximum Gasteiger partial charge on any atom is 0.328 e. The highest BCUT2D eigenvalue weighted by atomic mass is 32.2. The normalized spacial score (nSPS) is 25.0. The Balaban J connectivity index is 2.13. The maximum atomic E-state index is 13.1. The van der Waals surface area contributed by atoms with Crippen molar-refractivity contribution in [1.82, 2.24) is 0 Å². The van der Waals surface area contributed by atoms with Crippen molar-refractivity contribution in [3.63, 3.8) is 0 Å². The first-order chi connectivity index (χ1) is 12.0. The van der Waals surface area contributed by atoms with Crippen LogP contribution in [0.3, 0.4) is 0 Å². The Kier molecular flexibility index (Phi) is 4.36. The lowest BCUT2D eigenvalue weighted by molar-refractivity contribution is -0.147. The van der Waals surface area contributed by atoms with Crippen LogP contribution in [0.1, 0.15) is 18.4 Å². The zero-order valence-electron chi connectivity index (χ0n) is 13.6. The number of ether oxygens (including phenoxy) is 1. The molecule has 0 heterocycles. The number of nitrogens with zero attached hydrogens (tertiary/aromatic N) is 1. The molecule has 128 valence electrons. The highest BCUT2D eigenvalue weighted by Gasteiger charge is 2.77. The van der Waals surface area contributed by atoms with E-state index in [4.69, 9.17) is 4.74 Å². The summed E-state index contributed by atoms with van der Waals surface area (Å²) in [6.45, 7) is 1.71. The van der Waals surface area contributed by atoms with Crippen LogP contribution in [0, 0.1) is 16.7 Å². The molecule has 0 bridgehead atoms. The van der Waals surface area contributed by atoms with Gasteiger partial charge in [0, 0.05) is 5.92 Å². The minimum Gasteiger partial charge on any atom is -0.465 e. The summed E-state index contributed by atoms with van der Waals surface area (Å²) in [6.07, 6.45) is 0. The molecule has 25 heavy (non-hydrogen) atoms. The van der Waals surface area contributed by atoms with Crippen LogP contribution in [0.4, 0.5) is 0 Å². The van der Waals surface area contributed by atoms with Crippen molar-refractivity contribution >= 4 is 15.8 Å². The lowest BCUT2D eigenvalue weighted by Gasteiger charge is -2.09. The largest absolute Gasteiger partial charge is 0.465 e. The summed E-state index contributed by atoms with van der Waals surface area (Å²) in [6, 6.07) is 18.6. The summed E-state index contributed by atoms with van der Waals surface area (Å²) in [7, 11) is -3.87. The maximum absolute atomic E-state index is 13.1. The molecule has 0 radical (unpaired) electrons. The van der Waals surface area contributed by atoms with Gasteiger partial charge in [-0.15, -0.1) is 0 Å². The molecular weight excluding hydrogens is 338 g/mol. The van der Waals surface area contributed by atoms with Gasteiger partial charge in [-0.3, -0.25) is 4.79 Å². The Hall–Kier alpha value is -2.65. The van der Waals surface area contributed by atoms with Crippen LogP contribution < -0.4 is 0 Å². The predicted molar refractivity (Wildman–Crippen MR) is 91.3 cm³/mol. The molecule has 3 atom stereocenters. The van der Waals surface area contributed by atoms with Crippen molar-refractivity contribution in [1.29, 1.82) is 5.26 Å². The van der Waals surface area contributed by atoms with E-state index >= 15 is 0 Å². The molecule has 0 saturated heterocycles. The molecule has 1 fully saturated rings. The van der Waals surface area contributed by atoms with Crippen molar-refractivity contribution in [3.8, 4) is 6.07 Å². The molecule has 6 heteroatoms. The monoisotopic (exact) mass is 355 g/mol. The van der Waals surface area contributed by atoms with E-state index < -0.39 is 32.4 Å². The first-order valence-electron chi connectivity index (χ1n) is 7.92. The zero-order valence-corrected chi connectivity index (χ0v) is 14.4. The second-order valence-corrected chi connectivity index (χ2v) is 7.94. The van der Waals surface area contributed by atoms with Crippen molar-refractivity contribution in [3.05, 3.63) is 66.2 Å². The lowest BCUT2D eigenvalue weighted by Crippen LogP contribution is -2.25. The average molecular weight is 355 g/mol. The molecule has 0 aromatic heterocycles. The number of hydrogen-bond acceptors (Lipinski definition) is 5. The quantitative estimate of drug-likeness (QED) is 0.770. The number of benzene rings is 2. The van der Waals surface area contributed by atoms with Crippen LogP contribution in [-0.4, -0.2) is 26.2 Å². The van der Waals surface area contributed by atoms with E-state index in [1.807, 2.05) is 6.07 Å². The second-order valence-electron chi connectivity index (χ2n) is 5.87. The van der Waals surface area contributed by atoms with E-state index in [2.05, 4.69) is 0 Å². The van der Waals surface area contributed by atoms with Crippen LogP contribution in [0.2, 0.25) is 0 Å². The number of sulfone groups is 1. The molecule has 5 nitrogen and oxygen atoms in total. The van der Waals surface area contributed by atoms with E-state index in [0.717, 1.165) is 0 Å². The summed E-state index contributed by atoms with van der Waals surface area (Å²) in [5.74, 6) is -1.53. The van der Waals surface area contributed by atoms with Gasteiger partial charge in [0.2, 0.25) is 0 Å². The third-order valence-corrected chi connectivity index (χ3v) is 6.74. The van der Waals surface area contributed by atoms with Crippen molar-refractivity contribution in [2.75, 3.05) is 6.61 Å². The van der Waals surface area contributed by atoms with Gasteiger partial charge in [0.1, 0.15) is 5.25 Å². The van der Waals surface area contributed by atoms with E-state index in [1.165, 1.54) is 12.1 Å². The number of rotatable bonds is 5. The topological polar surface area (TPSA) is 84.2 Å². The molecule has 0 unspecified atom stereocenters. The van der Waals surface area contributed by atoms with Gasteiger partial charge < -0.3 is 4.74 Å². The summed E-state index contributed by atoms with van der Waals surface area (Å²) < 4.78 is 31.3. The van der Waals surface area contributed by atoms with Gasteiger partial charge in [-0.25, -0.2) is 8.42 Å². The average Bonchev–Trinajstić information content (AvgIpc) is 3.35. The third-order valence-electron chi connectivity index (χ3n) is 4.50. The Labute approximate surface area is 146 Å². The highest BCUT2D eigenvalue weighted by Crippen LogP contribution is 2.64. The SMILES string of the molecule is CCOC(=O)[C@@]1(C#N)[C@@H](c2ccccc2)[C@@H]1S(=O)(=O)c1ccccc1. The molecule has 2 aromatic rings. The van der Waals surface area contributed by atoms with Crippen molar-refractivity contribution in [2.24, 2.45) is 5.41 Å². The van der Waals surface area contributed by atoms with Gasteiger partial charge in [0.15, 0.2) is 15.3 Å². The number of hydrogen-bond donors (Lipinski definition) is 0. The standard InChI is InChI=1S/C19H17NO4S/c1-2-24-18(21)19(13-20)16(14-9-5-3-6-10-14)17(19)25(22,23)15-11-7-4-8-12-15/h3-12,16-17H,2H2,1H3/t16-,17-,19-/m0/s1. The van der Waals surface area contributed by atoms with E-state index in [1.54, 1.807) is 55.5 Å². The molecule has 0 amide bonds. The van der Waals surface area contributed by atoms with Crippen LogP contribution >= 0.6 is 0 Å². The van der Waals surface area contributed by atoms with E-state index in [0.29, 0.717) is 5.56 Å². The molecule has 2 aromatic carbocycles. The molecule has 0 spiro atoms. The summed E-state index contributed by atoms with van der Waals surface area (Å²) in [5.41, 5.74) is -1.08. The molecule has 1 aliphatic rings. The predicted octanol–water partition coefficient (Wildman–Crippen LogP) is 2.70. The third kappa shape index (κ3) is 2.61.